The summed E-state index contributed by atoms with van der Waals surface area (Å²) in [5.74, 6) is 0.787. The zero-order chi connectivity index (χ0) is 11.4. The van der Waals surface area contributed by atoms with Gasteiger partial charge in [-0.15, -0.1) is 0 Å². The molecule has 15 heavy (non-hydrogen) atoms. The van der Waals surface area contributed by atoms with Crippen molar-refractivity contribution >= 4 is 31.9 Å². The van der Waals surface area contributed by atoms with E-state index in [1.165, 1.54) is 5.56 Å². The van der Waals surface area contributed by atoms with Crippen molar-refractivity contribution < 1.29 is 0 Å². The summed E-state index contributed by atoms with van der Waals surface area (Å²) in [5.41, 5.74) is 1.22. The van der Waals surface area contributed by atoms with Crippen LogP contribution in [0.3, 0.4) is 0 Å². The van der Waals surface area contributed by atoms with E-state index in [9.17, 15) is 0 Å². The van der Waals surface area contributed by atoms with E-state index in [1.807, 2.05) is 6.07 Å². The van der Waals surface area contributed by atoms with Gasteiger partial charge in [-0.05, 0) is 35.6 Å². The van der Waals surface area contributed by atoms with Gasteiger partial charge in [0.2, 0.25) is 0 Å². The van der Waals surface area contributed by atoms with Gasteiger partial charge in [0.1, 0.15) is 0 Å². The highest BCUT2D eigenvalue weighted by Gasteiger charge is 2.16. The molecule has 0 saturated heterocycles. The largest absolute Gasteiger partial charge is 0.198 e. The van der Waals surface area contributed by atoms with Crippen LogP contribution in [0.4, 0.5) is 0 Å². The van der Waals surface area contributed by atoms with Crippen LogP contribution >= 0.6 is 31.9 Å². The molecule has 0 radical (unpaired) electrons. The van der Waals surface area contributed by atoms with Crippen molar-refractivity contribution in [2.75, 3.05) is 0 Å². The van der Waals surface area contributed by atoms with Crippen molar-refractivity contribution in [1.29, 1.82) is 5.26 Å². The third-order valence-electron chi connectivity index (χ3n) is 2.43. The first-order valence-electron chi connectivity index (χ1n) is 4.87. The molecule has 1 rings (SSSR count). The number of hydrogen-bond acceptors (Lipinski definition) is 1. The number of benzene rings is 1. The lowest BCUT2D eigenvalue weighted by Gasteiger charge is -2.18. The predicted octanol–water partition coefficient (Wildman–Crippen LogP) is 4.86. The third kappa shape index (κ3) is 3.62. The summed E-state index contributed by atoms with van der Waals surface area (Å²) < 4.78 is 2.10. The Hall–Kier alpha value is -0.330. The molecule has 3 heteroatoms. The molecule has 0 heterocycles. The zero-order valence-electron chi connectivity index (χ0n) is 8.80. The summed E-state index contributed by atoms with van der Waals surface area (Å²) >= 11 is 6.94. The fourth-order valence-electron chi connectivity index (χ4n) is 1.63. The Balaban J connectivity index is 3.06. The van der Waals surface area contributed by atoms with Crippen LogP contribution in [-0.4, -0.2) is 0 Å². The number of hydrogen-bond donors (Lipinski definition) is 0. The molecule has 1 aromatic carbocycles. The average Bonchev–Trinajstić information content (AvgIpc) is 2.11. The first-order valence-corrected chi connectivity index (χ1v) is 6.46. The van der Waals surface area contributed by atoms with Crippen molar-refractivity contribution in [2.24, 2.45) is 5.92 Å². The predicted molar refractivity (Wildman–Crippen MR) is 69.7 cm³/mol. The van der Waals surface area contributed by atoms with Crippen LogP contribution in [0, 0.1) is 17.2 Å². The van der Waals surface area contributed by atoms with Crippen LogP contribution in [0.1, 0.15) is 31.7 Å². The van der Waals surface area contributed by atoms with Crippen LogP contribution in [-0.2, 0) is 0 Å². The van der Waals surface area contributed by atoms with Crippen LogP contribution in [0.5, 0.6) is 0 Å². The van der Waals surface area contributed by atoms with Gasteiger partial charge >= 0.3 is 0 Å². The Morgan fingerprint density at radius 3 is 2.13 bits per heavy atom. The van der Waals surface area contributed by atoms with Crippen LogP contribution < -0.4 is 0 Å². The lowest BCUT2D eigenvalue weighted by molar-refractivity contribution is 0.505. The highest BCUT2D eigenvalue weighted by molar-refractivity contribution is 9.11. The monoisotopic (exact) mass is 329 g/mol. The zero-order valence-corrected chi connectivity index (χ0v) is 12.0. The minimum absolute atomic E-state index is 0.309. The SMILES string of the molecule is CC(C)C(CC#N)c1cc(Br)cc(Br)c1. The molecule has 0 saturated carbocycles. The van der Waals surface area contributed by atoms with Gasteiger partial charge in [-0.2, -0.15) is 5.26 Å². The number of rotatable bonds is 3. The van der Waals surface area contributed by atoms with E-state index in [1.54, 1.807) is 0 Å². The number of halogens is 2. The molecule has 0 aliphatic rings. The molecule has 1 unspecified atom stereocenters. The molecule has 0 aliphatic heterocycles. The van der Waals surface area contributed by atoms with Crippen molar-refractivity contribution in [1.82, 2.24) is 0 Å². The molecular formula is C12H13Br2N. The molecule has 0 spiro atoms. The van der Waals surface area contributed by atoms with Crippen molar-refractivity contribution in [3.8, 4) is 6.07 Å². The maximum Gasteiger partial charge on any atom is 0.0628 e. The van der Waals surface area contributed by atoms with E-state index in [-0.39, 0.29) is 0 Å². The first-order chi connectivity index (χ1) is 7.04. The van der Waals surface area contributed by atoms with Gasteiger partial charge in [-0.3, -0.25) is 0 Å². The second kappa shape index (κ2) is 5.67. The van der Waals surface area contributed by atoms with E-state index in [4.69, 9.17) is 5.26 Å². The normalized spacial score (nSPS) is 12.5. The van der Waals surface area contributed by atoms with Gasteiger partial charge in [0, 0.05) is 15.4 Å². The minimum atomic E-state index is 0.309. The van der Waals surface area contributed by atoms with Gasteiger partial charge < -0.3 is 0 Å². The Morgan fingerprint density at radius 2 is 1.73 bits per heavy atom. The van der Waals surface area contributed by atoms with Crippen LogP contribution in [0.2, 0.25) is 0 Å². The summed E-state index contributed by atoms with van der Waals surface area (Å²) in [7, 11) is 0. The van der Waals surface area contributed by atoms with Crippen LogP contribution in [0.15, 0.2) is 27.1 Å². The summed E-state index contributed by atoms with van der Waals surface area (Å²) in [6.45, 7) is 4.30. The smallest absolute Gasteiger partial charge is 0.0628 e. The standard InChI is InChI=1S/C12H13Br2N/c1-8(2)12(3-4-15)9-5-10(13)7-11(14)6-9/h5-8,12H,3H2,1-2H3. The Morgan fingerprint density at radius 1 is 1.20 bits per heavy atom. The van der Waals surface area contributed by atoms with Gasteiger partial charge in [0.25, 0.3) is 0 Å². The summed E-state index contributed by atoms with van der Waals surface area (Å²) in [5, 5.41) is 8.81. The molecule has 1 atom stereocenters. The molecule has 1 aromatic rings. The highest BCUT2D eigenvalue weighted by atomic mass is 79.9. The lowest BCUT2D eigenvalue weighted by atomic mass is 9.86. The van der Waals surface area contributed by atoms with Gasteiger partial charge in [-0.1, -0.05) is 45.7 Å². The highest BCUT2D eigenvalue weighted by Crippen LogP contribution is 2.31. The molecular weight excluding hydrogens is 318 g/mol. The van der Waals surface area contributed by atoms with Crippen molar-refractivity contribution in [3.63, 3.8) is 0 Å². The molecule has 0 amide bonds. The Kier molecular flexibility index (Phi) is 4.82. The van der Waals surface area contributed by atoms with Gasteiger partial charge in [0.05, 0.1) is 6.07 Å². The topological polar surface area (TPSA) is 23.8 Å². The van der Waals surface area contributed by atoms with Crippen LogP contribution in [0.25, 0.3) is 0 Å². The van der Waals surface area contributed by atoms with Gasteiger partial charge in [-0.25, -0.2) is 0 Å². The van der Waals surface area contributed by atoms with E-state index in [2.05, 4.69) is 63.9 Å². The second-order valence-electron chi connectivity index (χ2n) is 3.92. The lowest BCUT2D eigenvalue weighted by Crippen LogP contribution is -2.06. The fourth-order valence-corrected chi connectivity index (χ4v) is 2.96. The Labute approximate surface area is 108 Å². The van der Waals surface area contributed by atoms with E-state index in [0.29, 0.717) is 18.3 Å². The third-order valence-corrected chi connectivity index (χ3v) is 3.34. The summed E-state index contributed by atoms with van der Waals surface area (Å²) in [6, 6.07) is 8.44. The molecule has 0 aliphatic carbocycles. The molecule has 0 N–H and O–H groups in total. The van der Waals surface area contributed by atoms with E-state index >= 15 is 0 Å². The number of nitrogens with zero attached hydrogens (tertiary/aromatic N) is 1. The fraction of sp³-hybridized carbons (Fsp3) is 0.417. The molecule has 0 aromatic heterocycles. The Bertz CT molecular complexity index is 359. The van der Waals surface area contributed by atoms with Crippen molar-refractivity contribution in [3.05, 3.63) is 32.7 Å². The number of nitriles is 1. The van der Waals surface area contributed by atoms with Crippen molar-refractivity contribution in [2.45, 2.75) is 26.2 Å². The average molecular weight is 331 g/mol. The summed E-state index contributed by atoms with van der Waals surface area (Å²) in [6.07, 6.45) is 0.570. The summed E-state index contributed by atoms with van der Waals surface area (Å²) in [4.78, 5) is 0. The maximum absolute atomic E-state index is 8.81. The first kappa shape index (κ1) is 12.7. The van der Waals surface area contributed by atoms with E-state index < -0.39 is 0 Å². The van der Waals surface area contributed by atoms with Gasteiger partial charge in [0.15, 0.2) is 0 Å². The molecule has 0 fully saturated rings. The molecule has 0 bridgehead atoms. The second-order valence-corrected chi connectivity index (χ2v) is 5.75. The molecule has 80 valence electrons. The molecule has 1 nitrogen and oxygen atoms in total. The van der Waals surface area contributed by atoms with E-state index in [0.717, 1.165) is 8.95 Å². The maximum atomic E-state index is 8.81. The minimum Gasteiger partial charge on any atom is -0.198 e. The quantitative estimate of drug-likeness (QED) is 0.776.